The van der Waals surface area contributed by atoms with Gasteiger partial charge in [-0.25, -0.2) is 17.2 Å². The number of aryl methyl sites for hydroxylation is 2. The Labute approximate surface area is 155 Å². The van der Waals surface area contributed by atoms with Crippen LogP contribution in [0.2, 0.25) is 0 Å². The molecule has 3 rings (SSSR count). The maximum absolute atomic E-state index is 13.6. The highest BCUT2D eigenvalue weighted by Crippen LogP contribution is 2.23. The van der Waals surface area contributed by atoms with Crippen molar-refractivity contribution in [3.05, 3.63) is 71.3 Å². The van der Waals surface area contributed by atoms with Crippen molar-refractivity contribution < 1.29 is 17.2 Å². The molecule has 0 aliphatic carbocycles. The van der Waals surface area contributed by atoms with E-state index < -0.39 is 21.7 Å². The number of hydrogen-bond acceptors (Lipinski definition) is 5. The molecule has 0 aliphatic heterocycles. The maximum Gasteiger partial charge on any atom is 0.263 e. The third-order valence-electron chi connectivity index (χ3n) is 3.91. The SMILES string of the molecule is Cc1ccc(S(=O)(=O)Nc2ccc(Nc3c(F)cccc3F)nn2)cc1C. The molecule has 140 valence electrons. The van der Waals surface area contributed by atoms with E-state index in [9.17, 15) is 17.2 Å². The Kier molecular flexibility index (Phi) is 5.04. The lowest BCUT2D eigenvalue weighted by atomic mass is 10.1. The van der Waals surface area contributed by atoms with E-state index in [2.05, 4.69) is 20.2 Å². The molecular formula is C18H16F2N4O2S. The Morgan fingerprint density at radius 3 is 2.07 bits per heavy atom. The van der Waals surface area contributed by atoms with Gasteiger partial charge in [0.1, 0.15) is 17.3 Å². The third kappa shape index (κ3) is 4.20. The van der Waals surface area contributed by atoms with Gasteiger partial charge in [-0.1, -0.05) is 12.1 Å². The number of anilines is 3. The summed E-state index contributed by atoms with van der Waals surface area (Å²) in [5.74, 6) is -1.52. The van der Waals surface area contributed by atoms with Gasteiger partial charge in [-0.3, -0.25) is 4.72 Å². The van der Waals surface area contributed by atoms with Crippen LogP contribution in [0, 0.1) is 25.5 Å². The van der Waals surface area contributed by atoms with Crippen LogP contribution in [0.3, 0.4) is 0 Å². The van der Waals surface area contributed by atoms with Crippen LogP contribution < -0.4 is 10.0 Å². The van der Waals surface area contributed by atoms with Crippen LogP contribution in [0.25, 0.3) is 0 Å². The lowest BCUT2D eigenvalue weighted by Gasteiger charge is -2.10. The molecular weight excluding hydrogens is 374 g/mol. The first kappa shape index (κ1) is 18.7. The van der Waals surface area contributed by atoms with Gasteiger partial charge >= 0.3 is 0 Å². The topological polar surface area (TPSA) is 84.0 Å². The Morgan fingerprint density at radius 1 is 0.852 bits per heavy atom. The quantitative estimate of drug-likeness (QED) is 0.690. The fourth-order valence-electron chi connectivity index (χ4n) is 2.28. The summed E-state index contributed by atoms with van der Waals surface area (Å²) in [5, 5.41) is 9.96. The average Bonchev–Trinajstić information content (AvgIpc) is 2.62. The molecule has 1 aromatic heterocycles. The van der Waals surface area contributed by atoms with Crippen LogP contribution in [0.4, 0.5) is 26.1 Å². The molecule has 0 aliphatic rings. The Bertz CT molecular complexity index is 1070. The summed E-state index contributed by atoms with van der Waals surface area (Å²) in [6, 6.07) is 10.9. The molecule has 0 fully saturated rings. The molecule has 2 N–H and O–H groups in total. The fourth-order valence-corrected chi connectivity index (χ4v) is 3.36. The van der Waals surface area contributed by atoms with Crippen molar-refractivity contribution in [1.29, 1.82) is 0 Å². The van der Waals surface area contributed by atoms with Crippen LogP contribution in [0.5, 0.6) is 0 Å². The molecule has 0 radical (unpaired) electrons. The van der Waals surface area contributed by atoms with Gasteiger partial charge in [0.05, 0.1) is 4.90 Å². The zero-order chi connectivity index (χ0) is 19.6. The summed E-state index contributed by atoms with van der Waals surface area (Å²) in [7, 11) is -3.83. The minimum atomic E-state index is -3.83. The van der Waals surface area contributed by atoms with Gasteiger partial charge in [-0.05, 0) is 61.4 Å². The molecule has 1 heterocycles. The second-order valence-electron chi connectivity index (χ2n) is 5.88. The summed E-state index contributed by atoms with van der Waals surface area (Å²) in [4.78, 5) is 0.100. The van der Waals surface area contributed by atoms with Gasteiger partial charge in [0.25, 0.3) is 10.0 Å². The predicted octanol–water partition coefficient (Wildman–Crippen LogP) is 3.92. The van der Waals surface area contributed by atoms with E-state index in [1.807, 2.05) is 13.8 Å². The highest BCUT2D eigenvalue weighted by atomic mass is 32.2. The molecule has 0 saturated carbocycles. The Hall–Kier alpha value is -3.07. The zero-order valence-corrected chi connectivity index (χ0v) is 15.3. The predicted molar refractivity (Wildman–Crippen MR) is 98.4 cm³/mol. The Morgan fingerprint density at radius 2 is 1.48 bits per heavy atom. The summed E-state index contributed by atoms with van der Waals surface area (Å²) in [6.07, 6.45) is 0. The van der Waals surface area contributed by atoms with E-state index in [4.69, 9.17) is 0 Å². The van der Waals surface area contributed by atoms with Crippen molar-refractivity contribution in [2.45, 2.75) is 18.7 Å². The number of rotatable bonds is 5. The van der Waals surface area contributed by atoms with Crippen molar-refractivity contribution in [3.8, 4) is 0 Å². The van der Waals surface area contributed by atoms with E-state index in [1.54, 1.807) is 12.1 Å². The van der Waals surface area contributed by atoms with E-state index in [0.717, 1.165) is 23.3 Å². The number of benzene rings is 2. The first-order valence-electron chi connectivity index (χ1n) is 7.91. The van der Waals surface area contributed by atoms with E-state index in [1.165, 1.54) is 24.3 Å². The average molecular weight is 390 g/mol. The molecule has 0 amide bonds. The lowest BCUT2D eigenvalue weighted by molar-refractivity contribution is 0.590. The number of para-hydroxylation sites is 1. The van der Waals surface area contributed by atoms with Crippen LogP contribution in [-0.4, -0.2) is 18.6 Å². The van der Waals surface area contributed by atoms with E-state index in [0.29, 0.717) is 0 Å². The van der Waals surface area contributed by atoms with Gasteiger partial charge in [-0.15, -0.1) is 10.2 Å². The summed E-state index contributed by atoms with van der Waals surface area (Å²) < 4.78 is 54.5. The van der Waals surface area contributed by atoms with Gasteiger partial charge < -0.3 is 5.32 Å². The summed E-state index contributed by atoms with van der Waals surface area (Å²) in [6.45, 7) is 3.70. The smallest absolute Gasteiger partial charge is 0.263 e. The van der Waals surface area contributed by atoms with Crippen LogP contribution in [0.1, 0.15) is 11.1 Å². The third-order valence-corrected chi connectivity index (χ3v) is 5.26. The Balaban J connectivity index is 1.78. The van der Waals surface area contributed by atoms with Crippen LogP contribution >= 0.6 is 0 Å². The normalized spacial score (nSPS) is 11.3. The van der Waals surface area contributed by atoms with Crippen LogP contribution in [0.15, 0.2) is 53.4 Å². The number of nitrogens with zero attached hydrogens (tertiary/aromatic N) is 2. The number of sulfonamides is 1. The molecule has 9 heteroatoms. The number of nitrogens with one attached hydrogen (secondary N) is 2. The minimum Gasteiger partial charge on any atom is -0.334 e. The standard InChI is InChI=1S/C18H16F2N4O2S/c1-11-6-7-13(10-12(11)2)27(25,26)24-17-9-8-16(22-23-17)21-18-14(19)4-3-5-15(18)20/h3-10H,1-2H3,(H,21,22)(H,23,24). The zero-order valence-electron chi connectivity index (χ0n) is 14.5. The molecule has 6 nitrogen and oxygen atoms in total. The van der Waals surface area contributed by atoms with Gasteiger partial charge in [0.2, 0.25) is 0 Å². The second-order valence-corrected chi connectivity index (χ2v) is 7.56. The van der Waals surface area contributed by atoms with Crippen molar-refractivity contribution in [2.75, 3.05) is 10.0 Å². The first-order valence-corrected chi connectivity index (χ1v) is 9.39. The van der Waals surface area contributed by atoms with Crippen molar-refractivity contribution >= 4 is 27.3 Å². The van der Waals surface area contributed by atoms with Crippen molar-refractivity contribution in [3.63, 3.8) is 0 Å². The molecule has 0 bridgehead atoms. The van der Waals surface area contributed by atoms with Crippen molar-refractivity contribution in [1.82, 2.24) is 10.2 Å². The number of aromatic nitrogens is 2. The molecule has 0 unspecified atom stereocenters. The molecule has 2 aromatic carbocycles. The maximum atomic E-state index is 13.6. The second kappa shape index (κ2) is 7.28. The minimum absolute atomic E-state index is 0.0206. The fraction of sp³-hybridized carbons (Fsp3) is 0.111. The summed E-state index contributed by atoms with van der Waals surface area (Å²) >= 11 is 0. The number of hydrogen-bond donors (Lipinski definition) is 2. The largest absolute Gasteiger partial charge is 0.334 e. The van der Waals surface area contributed by atoms with Crippen LogP contribution in [-0.2, 0) is 10.0 Å². The highest BCUT2D eigenvalue weighted by Gasteiger charge is 2.16. The van der Waals surface area contributed by atoms with Crippen molar-refractivity contribution in [2.24, 2.45) is 0 Å². The molecule has 3 aromatic rings. The van der Waals surface area contributed by atoms with Gasteiger partial charge in [0.15, 0.2) is 11.6 Å². The molecule has 0 saturated heterocycles. The lowest BCUT2D eigenvalue weighted by Crippen LogP contribution is -2.14. The van der Waals surface area contributed by atoms with Gasteiger partial charge in [0, 0.05) is 0 Å². The first-order chi connectivity index (χ1) is 12.8. The molecule has 0 spiro atoms. The highest BCUT2D eigenvalue weighted by molar-refractivity contribution is 7.92. The van der Waals surface area contributed by atoms with E-state index >= 15 is 0 Å². The molecule has 0 atom stereocenters. The van der Waals surface area contributed by atoms with E-state index in [-0.39, 0.29) is 22.2 Å². The monoisotopic (exact) mass is 390 g/mol. The molecule has 27 heavy (non-hydrogen) atoms. The number of halogens is 2. The van der Waals surface area contributed by atoms with Gasteiger partial charge in [-0.2, -0.15) is 0 Å². The summed E-state index contributed by atoms with van der Waals surface area (Å²) in [5.41, 5.74) is 1.45.